The van der Waals surface area contributed by atoms with Crippen molar-refractivity contribution in [1.29, 1.82) is 0 Å². The van der Waals surface area contributed by atoms with Gasteiger partial charge in [0.15, 0.2) is 5.11 Å². The smallest absolute Gasteiger partial charge is 0.191 e. The molecule has 0 aliphatic carbocycles. The lowest BCUT2D eigenvalue weighted by Gasteiger charge is -2.11. The van der Waals surface area contributed by atoms with E-state index in [2.05, 4.69) is 15.8 Å². The summed E-state index contributed by atoms with van der Waals surface area (Å²) in [7, 11) is 4.91. The quantitative estimate of drug-likeness (QED) is 0.440. The van der Waals surface area contributed by atoms with E-state index in [1.54, 1.807) is 21.3 Å². The molecule has 0 spiro atoms. The molecule has 0 radical (unpaired) electrons. The molecule has 2 aromatic carbocycles. The molecule has 0 saturated heterocycles. The number of anilines is 1. The standard InChI is InChI=1S/C19H23N3O3S/c1-13(14-8-9-18(25-4)15(10-14)12-23-2)21-22-19(26)20-16-6-5-7-17(11-16)24-3/h5-11H,12H2,1-4H3,(H2,20,22,26)/b21-13-. The predicted molar refractivity (Wildman–Crippen MR) is 108 cm³/mol. The lowest BCUT2D eigenvalue weighted by atomic mass is 10.1. The van der Waals surface area contributed by atoms with E-state index in [4.69, 9.17) is 26.4 Å². The van der Waals surface area contributed by atoms with E-state index in [0.717, 1.165) is 34.0 Å². The highest BCUT2D eigenvalue weighted by Crippen LogP contribution is 2.21. The largest absolute Gasteiger partial charge is 0.497 e. The average Bonchev–Trinajstić information content (AvgIpc) is 2.66. The van der Waals surface area contributed by atoms with E-state index >= 15 is 0 Å². The molecule has 0 fully saturated rings. The van der Waals surface area contributed by atoms with Gasteiger partial charge in [-0.2, -0.15) is 5.10 Å². The minimum Gasteiger partial charge on any atom is -0.497 e. The summed E-state index contributed by atoms with van der Waals surface area (Å²) in [6.07, 6.45) is 0. The fraction of sp³-hybridized carbons (Fsp3) is 0.263. The van der Waals surface area contributed by atoms with Gasteiger partial charge in [0.1, 0.15) is 11.5 Å². The molecule has 0 aromatic heterocycles. The number of nitrogens with one attached hydrogen (secondary N) is 2. The Balaban J connectivity index is 2.04. The number of hydrogen-bond acceptors (Lipinski definition) is 5. The molecule has 6 nitrogen and oxygen atoms in total. The highest BCUT2D eigenvalue weighted by Gasteiger charge is 2.07. The van der Waals surface area contributed by atoms with Gasteiger partial charge in [-0.3, -0.25) is 5.43 Å². The summed E-state index contributed by atoms with van der Waals surface area (Å²) in [4.78, 5) is 0. The number of methoxy groups -OCH3 is 3. The van der Waals surface area contributed by atoms with Crippen LogP contribution >= 0.6 is 12.2 Å². The molecule has 138 valence electrons. The minimum absolute atomic E-state index is 0.392. The second-order valence-electron chi connectivity index (χ2n) is 5.45. The first-order valence-electron chi connectivity index (χ1n) is 7.99. The zero-order valence-corrected chi connectivity index (χ0v) is 16.1. The second kappa shape index (κ2) is 9.74. The molecule has 2 aromatic rings. The van der Waals surface area contributed by atoms with Crippen molar-refractivity contribution in [1.82, 2.24) is 5.43 Å². The summed E-state index contributed by atoms with van der Waals surface area (Å²) in [5.74, 6) is 1.54. The SMILES string of the molecule is COCc1cc(/C(C)=N\NC(=S)Nc2cccc(OC)c2)ccc1OC. The maximum absolute atomic E-state index is 5.34. The fourth-order valence-corrected chi connectivity index (χ4v) is 2.49. The Morgan fingerprint density at radius 1 is 1.08 bits per heavy atom. The lowest BCUT2D eigenvalue weighted by Crippen LogP contribution is -2.25. The van der Waals surface area contributed by atoms with Crippen LogP contribution in [0.3, 0.4) is 0 Å². The third kappa shape index (κ3) is 5.44. The molecule has 0 bridgehead atoms. The van der Waals surface area contributed by atoms with Gasteiger partial charge >= 0.3 is 0 Å². The van der Waals surface area contributed by atoms with Crippen LogP contribution in [-0.2, 0) is 11.3 Å². The molecule has 0 saturated carbocycles. The number of benzene rings is 2. The number of nitrogens with zero attached hydrogens (tertiary/aromatic N) is 1. The van der Waals surface area contributed by atoms with Gasteiger partial charge in [-0.05, 0) is 55.0 Å². The molecule has 0 amide bonds. The highest BCUT2D eigenvalue weighted by molar-refractivity contribution is 7.80. The Morgan fingerprint density at radius 3 is 2.58 bits per heavy atom. The summed E-state index contributed by atoms with van der Waals surface area (Å²) in [5, 5.41) is 7.80. The van der Waals surface area contributed by atoms with E-state index in [9.17, 15) is 0 Å². The molecule has 2 N–H and O–H groups in total. The fourth-order valence-electron chi connectivity index (χ4n) is 2.33. The van der Waals surface area contributed by atoms with E-state index in [-0.39, 0.29) is 0 Å². The maximum atomic E-state index is 5.34. The molecular formula is C19H23N3O3S. The van der Waals surface area contributed by atoms with Crippen LogP contribution in [0.25, 0.3) is 0 Å². The number of ether oxygens (including phenoxy) is 3. The Morgan fingerprint density at radius 2 is 1.88 bits per heavy atom. The molecule has 2 rings (SSSR count). The van der Waals surface area contributed by atoms with Gasteiger partial charge < -0.3 is 19.5 Å². The maximum Gasteiger partial charge on any atom is 0.191 e. The highest BCUT2D eigenvalue weighted by atomic mass is 32.1. The zero-order chi connectivity index (χ0) is 18.9. The zero-order valence-electron chi connectivity index (χ0n) is 15.3. The van der Waals surface area contributed by atoms with Gasteiger partial charge in [0, 0.05) is 24.4 Å². The van der Waals surface area contributed by atoms with Gasteiger partial charge in [-0.15, -0.1) is 0 Å². The molecular weight excluding hydrogens is 350 g/mol. The molecule has 7 heteroatoms. The monoisotopic (exact) mass is 373 g/mol. The second-order valence-corrected chi connectivity index (χ2v) is 5.86. The molecule has 0 heterocycles. The summed E-state index contributed by atoms with van der Waals surface area (Å²) in [6.45, 7) is 2.37. The first kappa shape index (κ1) is 19.7. The van der Waals surface area contributed by atoms with Crippen LogP contribution in [-0.4, -0.2) is 32.2 Å². The Labute approximate surface area is 159 Å². The third-order valence-electron chi connectivity index (χ3n) is 3.65. The van der Waals surface area contributed by atoms with E-state index in [1.807, 2.05) is 49.4 Å². The van der Waals surface area contributed by atoms with Crippen LogP contribution < -0.4 is 20.2 Å². The van der Waals surface area contributed by atoms with Crippen LogP contribution in [0.2, 0.25) is 0 Å². The van der Waals surface area contributed by atoms with Crippen molar-refractivity contribution < 1.29 is 14.2 Å². The minimum atomic E-state index is 0.392. The van der Waals surface area contributed by atoms with Crippen LogP contribution in [0.1, 0.15) is 18.1 Å². The van der Waals surface area contributed by atoms with Crippen molar-refractivity contribution >= 4 is 28.7 Å². The van der Waals surface area contributed by atoms with Crippen LogP contribution in [0, 0.1) is 0 Å². The number of hydrogen-bond donors (Lipinski definition) is 2. The first-order valence-corrected chi connectivity index (χ1v) is 8.39. The van der Waals surface area contributed by atoms with Gasteiger partial charge in [0.05, 0.1) is 26.5 Å². The topological polar surface area (TPSA) is 64.1 Å². The predicted octanol–water partition coefficient (Wildman–Crippen LogP) is 3.56. The van der Waals surface area contributed by atoms with Crippen molar-refractivity contribution in [3.05, 3.63) is 53.6 Å². The summed E-state index contributed by atoms with van der Waals surface area (Å²) in [5.41, 5.74) is 6.38. The molecule has 0 atom stereocenters. The Hall–Kier alpha value is -2.64. The normalized spacial score (nSPS) is 11.0. The number of hydrazone groups is 1. The Bertz CT molecular complexity index is 793. The first-order chi connectivity index (χ1) is 12.6. The third-order valence-corrected chi connectivity index (χ3v) is 3.84. The van der Waals surface area contributed by atoms with E-state index in [1.165, 1.54) is 0 Å². The van der Waals surface area contributed by atoms with Crippen molar-refractivity contribution in [2.45, 2.75) is 13.5 Å². The van der Waals surface area contributed by atoms with Gasteiger partial charge in [-0.25, -0.2) is 0 Å². The number of rotatable bonds is 7. The van der Waals surface area contributed by atoms with Crippen LogP contribution in [0.15, 0.2) is 47.6 Å². The van der Waals surface area contributed by atoms with Crippen molar-refractivity contribution in [2.24, 2.45) is 5.10 Å². The van der Waals surface area contributed by atoms with Gasteiger partial charge in [0.25, 0.3) is 0 Å². The van der Waals surface area contributed by atoms with Gasteiger partial charge in [-0.1, -0.05) is 6.07 Å². The number of thiocarbonyl (C=S) groups is 1. The molecule has 0 unspecified atom stereocenters. The van der Waals surface area contributed by atoms with Crippen molar-refractivity contribution in [2.75, 3.05) is 26.6 Å². The molecule has 0 aliphatic rings. The van der Waals surface area contributed by atoms with Crippen LogP contribution in [0.5, 0.6) is 11.5 Å². The summed E-state index contributed by atoms with van der Waals surface area (Å²) < 4.78 is 15.7. The van der Waals surface area contributed by atoms with Gasteiger partial charge in [0.2, 0.25) is 0 Å². The summed E-state index contributed by atoms with van der Waals surface area (Å²) in [6, 6.07) is 13.3. The van der Waals surface area contributed by atoms with Crippen LogP contribution in [0.4, 0.5) is 5.69 Å². The summed E-state index contributed by atoms with van der Waals surface area (Å²) >= 11 is 5.28. The van der Waals surface area contributed by atoms with Crippen molar-refractivity contribution in [3.8, 4) is 11.5 Å². The van der Waals surface area contributed by atoms with E-state index < -0.39 is 0 Å². The lowest BCUT2D eigenvalue weighted by molar-refractivity contribution is 0.181. The van der Waals surface area contributed by atoms with E-state index in [0.29, 0.717) is 11.7 Å². The molecule has 0 aliphatic heterocycles. The molecule has 26 heavy (non-hydrogen) atoms. The average molecular weight is 373 g/mol. The van der Waals surface area contributed by atoms with Crippen molar-refractivity contribution in [3.63, 3.8) is 0 Å². The Kier molecular flexibility index (Phi) is 7.37.